The Morgan fingerprint density at radius 1 is 0.933 bits per heavy atom. The van der Waals surface area contributed by atoms with Gasteiger partial charge < -0.3 is 20.5 Å². The molecule has 0 aliphatic rings. The van der Waals surface area contributed by atoms with E-state index in [1.807, 2.05) is 24.3 Å². The highest BCUT2D eigenvalue weighted by molar-refractivity contribution is 5.97. The first-order chi connectivity index (χ1) is 14.5. The van der Waals surface area contributed by atoms with Crippen molar-refractivity contribution in [3.63, 3.8) is 0 Å². The molecular formula is C22H19N3O5. The van der Waals surface area contributed by atoms with Crippen molar-refractivity contribution in [3.8, 4) is 22.6 Å². The van der Waals surface area contributed by atoms with Crippen LogP contribution >= 0.6 is 0 Å². The van der Waals surface area contributed by atoms with Crippen LogP contribution in [0.1, 0.15) is 20.7 Å². The molecule has 0 unspecified atom stereocenters. The number of aromatic nitrogens is 1. The lowest BCUT2D eigenvalue weighted by molar-refractivity contribution is -0.117. The zero-order chi connectivity index (χ0) is 21.5. The molecule has 3 aromatic rings. The fraction of sp³-hybridized carbons (Fsp3) is 0.0909. The minimum absolute atomic E-state index is 0.182. The molecule has 0 aliphatic carbocycles. The van der Waals surface area contributed by atoms with Gasteiger partial charge in [-0.25, -0.2) is 4.79 Å². The van der Waals surface area contributed by atoms with E-state index in [2.05, 4.69) is 10.3 Å². The van der Waals surface area contributed by atoms with Gasteiger partial charge in [0.15, 0.2) is 0 Å². The Kier molecular flexibility index (Phi) is 6.39. The number of hydrogen-bond acceptors (Lipinski definition) is 6. The highest BCUT2D eigenvalue weighted by Gasteiger charge is 2.13. The summed E-state index contributed by atoms with van der Waals surface area (Å²) < 4.78 is 10.5. The van der Waals surface area contributed by atoms with E-state index in [1.165, 1.54) is 18.3 Å². The number of methoxy groups -OCH3 is 1. The van der Waals surface area contributed by atoms with Gasteiger partial charge in [-0.3, -0.25) is 14.6 Å². The van der Waals surface area contributed by atoms with Crippen molar-refractivity contribution in [1.29, 1.82) is 0 Å². The Morgan fingerprint density at radius 2 is 1.70 bits per heavy atom. The van der Waals surface area contributed by atoms with Crippen molar-refractivity contribution in [2.45, 2.75) is 0 Å². The van der Waals surface area contributed by atoms with Crippen LogP contribution in [0.4, 0.5) is 0 Å². The smallest absolute Gasteiger partial charge is 0.345 e. The van der Waals surface area contributed by atoms with Crippen molar-refractivity contribution in [3.05, 3.63) is 78.1 Å². The van der Waals surface area contributed by atoms with Crippen LogP contribution in [0, 0.1) is 0 Å². The van der Waals surface area contributed by atoms with E-state index in [0.29, 0.717) is 0 Å². The number of hydrogen-bond donors (Lipinski definition) is 2. The summed E-state index contributed by atoms with van der Waals surface area (Å²) in [5, 5.41) is 2.37. The van der Waals surface area contributed by atoms with Crippen LogP contribution in [0.25, 0.3) is 11.1 Å². The fourth-order valence-corrected chi connectivity index (χ4v) is 2.63. The average Bonchev–Trinajstić information content (AvgIpc) is 2.77. The number of carbonyl (C=O) groups excluding carboxylic acids is 3. The second-order valence-corrected chi connectivity index (χ2v) is 6.26. The second-order valence-electron chi connectivity index (χ2n) is 6.26. The lowest BCUT2D eigenvalue weighted by Gasteiger charge is -2.08. The maximum absolute atomic E-state index is 12.6. The molecule has 2 amide bonds. The first-order valence-electron chi connectivity index (χ1n) is 8.94. The summed E-state index contributed by atoms with van der Waals surface area (Å²) >= 11 is 0. The third kappa shape index (κ3) is 5.20. The number of esters is 1. The predicted octanol–water partition coefficient (Wildman–Crippen LogP) is 2.19. The number of ether oxygens (including phenoxy) is 2. The molecule has 3 N–H and O–H groups in total. The van der Waals surface area contributed by atoms with Crippen molar-refractivity contribution < 1.29 is 23.9 Å². The number of rotatable bonds is 7. The van der Waals surface area contributed by atoms with Crippen molar-refractivity contribution >= 4 is 17.8 Å². The number of nitrogens with two attached hydrogens (primary N) is 1. The first kappa shape index (κ1) is 20.5. The quantitative estimate of drug-likeness (QED) is 0.459. The van der Waals surface area contributed by atoms with E-state index in [0.717, 1.165) is 16.9 Å². The number of pyridine rings is 1. The van der Waals surface area contributed by atoms with Crippen molar-refractivity contribution in [2.24, 2.45) is 5.73 Å². The van der Waals surface area contributed by atoms with Gasteiger partial charge in [0.25, 0.3) is 5.91 Å². The van der Waals surface area contributed by atoms with E-state index in [-0.39, 0.29) is 23.4 Å². The Hall–Kier alpha value is -4.20. The molecule has 8 heteroatoms. The third-order valence-corrected chi connectivity index (χ3v) is 4.13. The lowest BCUT2D eigenvalue weighted by atomic mass is 10.1. The lowest BCUT2D eigenvalue weighted by Crippen LogP contribution is -2.33. The maximum Gasteiger partial charge on any atom is 0.345 e. The van der Waals surface area contributed by atoms with Crippen LogP contribution in [0.2, 0.25) is 0 Å². The Labute approximate surface area is 172 Å². The summed E-state index contributed by atoms with van der Waals surface area (Å²) in [4.78, 5) is 39.5. The van der Waals surface area contributed by atoms with E-state index in [9.17, 15) is 14.4 Å². The Bertz CT molecular complexity index is 1080. The molecule has 0 fully saturated rings. The van der Waals surface area contributed by atoms with E-state index < -0.39 is 17.8 Å². The molecule has 8 nitrogen and oxygen atoms in total. The van der Waals surface area contributed by atoms with Crippen molar-refractivity contribution in [2.75, 3.05) is 13.7 Å². The molecule has 30 heavy (non-hydrogen) atoms. The van der Waals surface area contributed by atoms with Gasteiger partial charge in [0, 0.05) is 23.5 Å². The second kappa shape index (κ2) is 9.33. The summed E-state index contributed by atoms with van der Waals surface area (Å²) in [6, 6.07) is 15.1. The summed E-state index contributed by atoms with van der Waals surface area (Å²) in [6.07, 6.45) is 3.04. The standard InChI is InChI=1S/C22H19N3O5/c1-29-18-7-5-14(6-8-18)16-9-17(12-24-11-16)22(28)30-19-4-2-3-15(10-19)21(27)25-13-20(23)26/h2-12H,13H2,1H3,(H2,23,26)(H,25,27). The number of benzene rings is 2. The minimum atomic E-state index is -0.657. The van der Waals surface area contributed by atoms with Gasteiger partial charge >= 0.3 is 5.97 Å². The van der Waals surface area contributed by atoms with Gasteiger partial charge in [-0.15, -0.1) is 0 Å². The van der Waals surface area contributed by atoms with Gasteiger partial charge in [-0.05, 0) is 42.0 Å². The predicted molar refractivity (Wildman–Crippen MR) is 109 cm³/mol. The molecule has 0 spiro atoms. The third-order valence-electron chi connectivity index (χ3n) is 4.13. The Morgan fingerprint density at radius 3 is 2.40 bits per heavy atom. The minimum Gasteiger partial charge on any atom is -0.497 e. The average molecular weight is 405 g/mol. The maximum atomic E-state index is 12.6. The molecule has 0 saturated heterocycles. The fourth-order valence-electron chi connectivity index (χ4n) is 2.63. The van der Waals surface area contributed by atoms with Crippen LogP contribution < -0.4 is 20.5 Å². The summed E-state index contributed by atoms with van der Waals surface area (Å²) in [5.41, 5.74) is 7.11. The molecule has 0 bridgehead atoms. The molecular weight excluding hydrogens is 386 g/mol. The molecule has 1 heterocycles. The van der Waals surface area contributed by atoms with E-state index in [4.69, 9.17) is 15.2 Å². The van der Waals surface area contributed by atoms with Gasteiger partial charge in [0.05, 0.1) is 19.2 Å². The highest BCUT2D eigenvalue weighted by atomic mass is 16.5. The number of primary amides is 1. The molecule has 1 aromatic heterocycles. The molecule has 0 atom stereocenters. The van der Waals surface area contributed by atoms with E-state index >= 15 is 0 Å². The highest BCUT2D eigenvalue weighted by Crippen LogP contribution is 2.23. The number of carbonyl (C=O) groups is 3. The van der Waals surface area contributed by atoms with Gasteiger partial charge in [0.1, 0.15) is 11.5 Å². The van der Waals surface area contributed by atoms with E-state index in [1.54, 1.807) is 31.5 Å². The van der Waals surface area contributed by atoms with Crippen LogP contribution in [0.15, 0.2) is 67.0 Å². The molecule has 0 aliphatic heterocycles. The summed E-state index contributed by atoms with van der Waals surface area (Å²) in [5.74, 6) is -0.874. The SMILES string of the molecule is COc1ccc(-c2cncc(C(=O)Oc3cccc(C(=O)NCC(N)=O)c3)c2)cc1. The zero-order valence-electron chi connectivity index (χ0n) is 16.1. The summed E-state index contributed by atoms with van der Waals surface area (Å²) in [6.45, 7) is -0.285. The summed E-state index contributed by atoms with van der Waals surface area (Å²) in [7, 11) is 1.59. The zero-order valence-corrected chi connectivity index (χ0v) is 16.1. The molecule has 3 rings (SSSR count). The molecule has 2 aromatic carbocycles. The monoisotopic (exact) mass is 405 g/mol. The normalized spacial score (nSPS) is 10.2. The first-order valence-corrected chi connectivity index (χ1v) is 8.94. The largest absolute Gasteiger partial charge is 0.497 e. The number of nitrogens with zero attached hydrogens (tertiary/aromatic N) is 1. The molecule has 0 radical (unpaired) electrons. The Balaban J connectivity index is 1.74. The molecule has 0 saturated carbocycles. The van der Waals surface area contributed by atoms with Crippen LogP contribution in [0.3, 0.4) is 0 Å². The van der Waals surface area contributed by atoms with Gasteiger partial charge in [-0.1, -0.05) is 18.2 Å². The van der Waals surface area contributed by atoms with Crippen LogP contribution in [-0.4, -0.2) is 36.4 Å². The topological polar surface area (TPSA) is 121 Å². The van der Waals surface area contributed by atoms with Crippen molar-refractivity contribution in [1.82, 2.24) is 10.3 Å². The van der Waals surface area contributed by atoms with Crippen LogP contribution in [0.5, 0.6) is 11.5 Å². The van der Waals surface area contributed by atoms with Gasteiger partial charge in [-0.2, -0.15) is 0 Å². The van der Waals surface area contributed by atoms with Crippen LogP contribution in [-0.2, 0) is 4.79 Å². The van der Waals surface area contributed by atoms with Gasteiger partial charge in [0.2, 0.25) is 5.91 Å². The molecule has 152 valence electrons. The number of amides is 2. The number of nitrogens with one attached hydrogen (secondary N) is 1.